The average Bonchev–Trinajstić information content (AvgIpc) is 2.54. The van der Waals surface area contributed by atoms with Crippen LogP contribution in [0, 0.1) is 0 Å². The van der Waals surface area contributed by atoms with Crippen LogP contribution in [0.1, 0.15) is 12.5 Å². The van der Waals surface area contributed by atoms with Gasteiger partial charge < -0.3 is 14.2 Å². The van der Waals surface area contributed by atoms with Crippen molar-refractivity contribution in [3.8, 4) is 0 Å². The molecule has 0 aliphatic heterocycles. The topological polar surface area (TPSA) is 61.8 Å². The van der Waals surface area contributed by atoms with Gasteiger partial charge in [0.2, 0.25) is 0 Å². The van der Waals surface area contributed by atoms with E-state index < -0.39 is 0 Å². The van der Waals surface area contributed by atoms with Crippen LogP contribution in [0.3, 0.4) is 0 Å². The van der Waals surface area contributed by atoms with Gasteiger partial charge in [-0.25, -0.2) is 9.59 Å². The van der Waals surface area contributed by atoms with Crippen molar-refractivity contribution in [1.82, 2.24) is 0 Å². The van der Waals surface area contributed by atoms with E-state index in [4.69, 9.17) is 4.74 Å². The molecule has 0 aliphatic rings. The summed E-state index contributed by atoms with van der Waals surface area (Å²) in [5, 5.41) is 0. The zero-order valence-electron chi connectivity index (χ0n) is 13.0. The summed E-state index contributed by atoms with van der Waals surface area (Å²) in [5.74, 6) is -0.754. The predicted octanol–water partition coefficient (Wildman–Crippen LogP) is 2.67. The van der Waals surface area contributed by atoms with E-state index in [1.54, 1.807) is 14.0 Å². The molecule has 0 unspecified atom stereocenters. The van der Waals surface area contributed by atoms with Gasteiger partial charge in [0.05, 0.1) is 6.61 Å². The van der Waals surface area contributed by atoms with Crippen LogP contribution in [0.2, 0.25) is 0 Å². The van der Waals surface area contributed by atoms with E-state index in [1.807, 2.05) is 30.3 Å². The fourth-order valence-corrected chi connectivity index (χ4v) is 1.13. The molecule has 0 fully saturated rings. The largest absolute Gasteiger partial charge is 0.460 e. The Hall–Kier alpha value is -2.40. The van der Waals surface area contributed by atoms with Gasteiger partial charge in [-0.1, -0.05) is 43.5 Å². The van der Waals surface area contributed by atoms with Crippen molar-refractivity contribution in [1.29, 1.82) is 0 Å². The molecule has 5 heteroatoms. The van der Waals surface area contributed by atoms with Crippen molar-refractivity contribution in [2.45, 2.75) is 13.5 Å². The van der Waals surface area contributed by atoms with E-state index >= 15 is 0 Å². The smallest absolute Gasteiger partial charge is 0.333 e. The third-order valence-electron chi connectivity index (χ3n) is 2.26. The zero-order chi connectivity index (χ0) is 16.8. The normalized spacial score (nSPS) is 9.00. The minimum atomic E-state index is -0.390. The van der Waals surface area contributed by atoms with Gasteiger partial charge in [-0.15, -0.1) is 0 Å². The van der Waals surface area contributed by atoms with Crippen LogP contribution in [-0.2, 0) is 30.4 Å². The molecule has 0 amide bonds. The molecule has 0 saturated heterocycles. The quantitative estimate of drug-likeness (QED) is 0.440. The van der Waals surface area contributed by atoms with Gasteiger partial charge in [0.1, 0.15) is 13.2 Å². The van der Waals surface area contributed by atoms with Gasteiger partial charge in [-0.3, -0.25) is 0 Å². The first kappa shape index (κ1) is 19.6. The summed E-state index contributed by atoms with van der Waals surface area (Å²) in [6, 6.07) is 9.51. The number of benzene rings is 1. The highest BCUT2D eigenvalue weighted by Gasteiger charge is 2.00. The minimum absolute atomic E-state index is 0.294. The Morgan fingerprint density at radius 2 is 1.77 bits per heavy atom. The Bertz CT molecular complexity index is 479. The van der Waals surface area contributed by atoms with E-state index in [0.29, 0.717) is 25.4 Å². The van der Waals surface area contributed by atoms with Crippen LogP contribution in [0.15, 0.2) is 55.1 Å². The van der Waals surface area contributed by atoms with Gasteiger partial charge in [0.25, 0.3) is 0 Å². The molecule has 0 N–H and O–H groups in total. The highest BCUT2D eigenvalue weighted by molar-refractivity contribution is 5.86. The molecule has 120 valence electrons. The monoisotopic (exact) mass is 306 g/mol. The Morgan fingerprint density at radius 1 is 1.14 bits per heavy atom. The van der Waals surface area contributed by atoms with Gasteiger partial charge in [0.15, 0.2) is 0 Å². The summed E-state index contributed by atoms with van der Waals surface area (Å²) in [6.07, 6.45) is 1.16. The number of methoxy groups -OCH3 is 1. The van der Waals surface area contributed by atoms with E-state index in [9.17, 15) is 9.59 Å². The molecule has 0 bridgehead atoms. The molecule has 0 spiro atoms. The van der Waals surface area contributed by atoms with E-state index in [-0.39, 0.29) is 11.9 Å². The second-order valence-corrected chi connectivity index (χ2v) is 4.21. The lowest BCUT2D eigenvalue weighted by Gasteiger charge is -2.01. The zero-order valence-corrected chi connectivity index (χ0v) is 13.0. The van der Waals surface area contributed by atoms with Crippen LogP contribution in [0.4, 0.5) is 0 Å². The average molecular weight is 306 g/mol. The highest BCUT2D eigenvalue weighted by Crippen LogP contribution is 2.00. The molecule has 0 saturated carbocycles. The second-order valence-electron chi connectivity index (χ2n) is 4.21. The van der Waals surface area contributed by atoms with Crippen molar-refractivity contribution >= 4 is 11.9 Å². The molecule has 0 aliphatic carbocycles. The van der Waals surface area contributed by atoms with Gasteiger partial charge >= 0.3 is 11.9 Å². The number of carbonyl (C=O) groups is 2. The maximum atomic E-state index is 10.6. The molecule has 0 radical (unpaired) electrons. The fourth-order valence-electron chi connectivity index (χ4n) is 1.13. The van der Waals surface area contributed by atoms with Crippen LogP contribution in [-0.4, -0.2) is 32.3 Å². The maximum Gasteiger partial charge on any atom is 0.333 e. The first-order chi connectivity index (χ1) is 10.5. The highest BCUT2D eigenvalue weighted by atomic mass is 16.6. The molecule has 1 rings (SSSR count). The van der Waals surface area contributed by atoms with E-state index in [0.717, 1.165) is 11.6 Å². The summed E-state index contributed by atoms with van der Waals surface area (Å²) in [5.41, 5.74) is 1.39. The summed E-state index contributed by atoms with van der Waals surface area (Å²) in [7, 11) is 1.55. The Labute approximate surface area is 131 Å². The Balaban J connectivity index is 0.000000409. The minimum Gasteiger partial charge on any atom is -0.460 e. The maximum absolute atomic E-state index is 10.6. The Morgan fingerprint density at radius 3 is 2.27 bits per heavy atom. The SMILES string of the molecule is C=C(C)C(=O)OCCOC.C=CC(=O)OCc1ccccc1. The molecule has 0 atom stereocenters. The molecule has 22 heavy (non-hydrogen) atoms. The van der Waals surface area contributed by atoms with Crippen molar-refractivity contribution in [2.75, 3.05) is 20.3 Å². The Kier molecular flexibility index (Phi) is 11.0. The summed E-state index contributed by atoms with van der Waals surface area (Å²) in [6.45, 7) is 9.36. The van der Waals surface area contributed by atoms with Crippen LogP contribution in [0.25, 0.3) is 0 Å². The molecule has 0 aromatic heterocycles. The van der Waals surface area contributed by atoms with Crippen molar-refractivity contribution < 1.29 is 23.8 Å². The lowest BCUT2D eigenvalue weighted by Crippen LogP contribution is -2.09. The number of rotatable bonds is 7. The number of esters is 2. The number of hydrogen-bond donors (Lipinski definition) is 0. The van der Waals surface area contributed by atoms with Gasteiger partial charge in [0, 0.05) is 18.8 Å². The van der Waals surface area contributed by atoms with Gasteiger partial charge in [-0.05, 0) is 12.5 Å². The second kappa shape index (κ2) is 12.3. The van der Waals surface area contributed by atoms with E-state index in [2.05, 4.69) is 22.6 Å². The lowest BCUT2D eigenvalue weighted by atomic mass is 10.2. The summed E-state index contributed by atoms with van der Waals surface area (Å²) in [4.78, 5) is 21.3. The van der Waals surface area contributed by atoms with Crippen molar-refractivity contribution in [3.63, 3.8) is 0 Å². The lowest BCUT2D eigenvalue weighted by molar-refractivity contribution is -0.140. The van der Waals surface area contributed by atoms with Gasteiger partial charge in [-0.2, -0.15) is 0 Å². The molecule has 0 heterocycles. The molecule has 1 aromatic carbocycles. The van der Waals surface area contributed by atoms with Crippen LogP contribution < -0.4 is 0 Å². The molecule has 1 aromatic rings. The first-order valence-electron chi connectivity index (χ1n) is 6.66. The summed E-state index contributed by atoms with van der Waals surface area (Å²) >= 11 is 0. The number of hydrogen-bond acceptors (Lipinski definition) is 5. The predicted molar refractivity (Wildman–Crippen MR) is 84.1 cm³/mol. The molecular weight excluding hydrogens is 284 g/mol. The molecular formula is C17H22O5. The first-order valence-corrected chi connectivity index (χ1v) is 6.66. The standard InChI is InChI=1S/C10H10O2.C7H12O3/c1-2-10(11)12-8-9-6-4-3-5-7-9;1-6(2)7(8)10-5-4-9-3/h2-7H,1,8H2;1,4-5H2,2-3H3. The molecule has 5 nitrogen and oxygen atoms in total. The fraction of sp³-hybridized carbons (Fsp3) is 0.294. The van der Waals surface area contributed by atoms with Crippen molar-refractivity contribution in [3.05, 3.63) is 60.7 Å². The van der Waals surface area contributed by atoms with E-state index in [1.165, 1.54) is 0 Å². The number of carbonyl (C=O) groups excluding carboxylic acids is 2. The van der Waals surface area contributed by atoms with Crippen LogP contribution >= 0.6 is 0 Å². The summed E-state index contributed by atoms with van der Waals surface area (Å²) < 4.78 is 14.2. The number of ether oxygens (including phenoxy) is 3. The van der Waals surface area contributed by atoms with Crippen LogP contribution in [0.5, 0.6) is 0 Å². The third-order valence-corrected chi connectivity index (χ3v) is 2.26. The van der Waals surface area contributed by atoms with Crippen molar-refractivity contribution in [2.24, 2.45) is 0 Å². The third kappa shape index (κ3) is 10.4.